The molecule has 2 aromatic rings. The minimum atomic E-state index is -0.806. The molecule has 0 saturated heterocycles. The fourth-order valence-electron chi connectivity index (χ4n) is 2.26. The molecule has 0 bridgehead atoms. The predicted octanol–water partition coefficient (Wildman–Crippen LogP) is 3.85. The molecule has 2 rings (SSSR count). The molecule has 0 saturated carbocycles. The van der Waals surface area contributed by atoms with E-state index < -0.39 is 5.97 Å². The Morgan fingerprint density at radius 3 is 2.33 bits per heavy atom. The van der Waals surface area contributed by atoms with Crippen molar-refractivity contribution < 1.29 is 9.90 Å². The predicted molar refractivity (Wildman–Crippen MR) is 85.3 cm³/mol. The first-order chi connectivity index (χ1) is 9.88. The smallest absolute Gasteiger partial charge is 0.303 e. The van der Waals surface area contributed by atoms with Gasteiger partial charge < -0.3 is 5.11 Å². The van der Waals surface area contributed by atoms with E-state index in [9.17, 15) is 4.79 Å². The van der Waals surface area contributed by atoms with Crippen LogP contribution in [0.3, 0.4) is 0 Å². The Labute approximate surface area is 132 Å². The first kappa shape index (κ1) is 15.6. The molecular formula is C16H17BrN2O2. The maximum atomic E-state index is 10.7. The molecule has 0 aliphatic heterocycles. The number of rotatable bonds is 4. The molecule has 0 unspecified atom stereocenters. The minimum absolute atomic E-state index is 0.0958. The maximum absolute atomic E-state index is 10.7. The molecule has 5 heteroatoms. The van der Waals surface area contributed by atoms with Gasteiger partial charge in [0.2, 0.25) is 0 Å². The van der Waals surface area contributed by atoms with E-state index in [-0.39, 0.29) is 6.42 Å². The summed E-state index contributed by atoms with van der Waals surface area (Å²) in [6, 6.07) is 6.04. The Balaban J connectivity index is 2.41. The van der Waals surface area contributed by atoms with Crippen molar-refractivity contribution in [3.05, 3.63) is 45.2 Å². The fourth-order valence-corrected chi connectivity index (χ4v) is 2.93. The topological polar surface area (TPSA) is 63.1 Å². The highest BCUT2D eigenvalue weighted by Crippen LogP contribution is 2.28. The number of halogens is 1. The summed E-state index contributed by atoms with van der Waals surface area (Å²) in [6.07, 6.45) is 0.557. The van der Waals surface area contributed by atoms with Gasteiger partial charge in [0, 0.05) is 27.8 Å². The van der Waals surface area contributed by atoms with Crippen molar-refractivity contribution >= 4 is 21.9 Å². The highest BCUT2D eigenvalue weighted by Gasteiger charge is 2.13. The van der Waals surface area contributed by atoms with Gasteiger partial charge in [0.25, 0.3) is 0 Å². The van der Waals surface area contributed by atoms with Crippen molar-refractivity contribution in [3.63, 3.8) is 0 Å². The molecule has 4 nitrogen and oxygen atoms in total. The summed E-state index contributed by atoms with van der Waals surface area (Å²) < 4.78 is 0.958. The SMILES string of the molecule is Cc1ccc(-c2nc(C)c(CCC(=O)O)c(C)n2)c(Br)c1. The second-order valence-corrected chi connectivity index (χ2v) is 5.93. The van der Waals surface area contributed by atoms with Gasteiger partial charge in [-0.1, -0.05) is 22.0 Å². The summed E-state index contributed by atoms with van der Waals surface area (Å²) in [4.78, 5) is 19.8. The number of carbonyl (C=O) groups is 1. The number of hydrogen-bond acceptors (Lipinski definition) is 3. The zero-order valence-corrected chi connectivity index (χ0v) is 13.9. The van der Waals surface area contributed by atoms with Crippen molar-refractivity contribution in [2.45, 2.75) is 33.6 Å². The first-order valence-electron chi connectivity index (χ1n) is 6.71. The second kappa shape index (κ2) is 6.35. The molecule has 1 N–H and O–H groups in total. The van der Waals surface area contributed by atoms with Gasteiger partial charge in [0.1, 0.15) is 0 Å². The summed E-state index contributed by atoms with van der Waals surface area (Å²) in [5, 5.41) is 8.80. The van der Waals surface area contributed by atoms with Crippen LogP contribution in [0.5, 0.6) is 0 Å². The minimum Gasteiger partial charge on any atom is -0.481 e. The van der Waals surface area contributed by atoms with Gasteiger partial charge >= 0.3 is 5.97 Å². The Hall–Kier alpha value is -1.75. The van der Waals surface area contributed by atoms with Gasteiger partial charge in [-0.05, 0) is 50.5 Å². The lowest BCUT2D eigenvalue weighted by atomic mass is 10.1. The van der Waals surface area contributed by atoms with Crippen LogP contribution in [0.4, 0.5) is 0 Å². The van der Waals surface area contributed by atoms with E-state index in [1.165, 1.54) is 0 Å². The quantitative estimate of drug-likeness (QED) is 0.911. The van der Waals surface area contributed by atoms with E-state index in [4.69, 9.17) is 5.11 Å². The van der Waals surface area contributed by atoms with Crippen molar-refractivity contribution in [3.8, 4) is 11.4 Å². The third-order valence-electron chi connectivity index (χ3n) is 3.38. The van der Waals surface area contributed by atoms with E-state index in [1.807, 2.05) is 39.0 Å². The molecule has 1 aromatic carbocycles. The van der Waals surface area contributed by atoms with E-state index in [0.29, 0.717) is 12.2 Å². The average molecular weight is 349 g/mol. The van der Waals surface area contributed by atoms with Crippen LogP contribution in [-0.2, 0) is 11.2 Å². The van der Waals surface area contributed by atoms with Crippen LogP contribution in [0.2, 0.25) is 0 Å². The number of aromatic nitrogens is 2. The molecule has 0 radical (unpaired) electrons. The molecule has 0 fully saturated rings. The van der Waals surface area contributed by atoms with Crippen molar-refractivity contribution in [1.82, 2.24) is 9.97 Å². The molecular weight excluding hydrogens is 332 g/mol. The molecule has 0 aliphatic rings. The molecule has 1 aromatic heterocycles. The van der Waals surface area contributed by atoms with Gasteiger partial charge in [-0.15, -0.1) is 0 Å². The number of benzene rings is 1. The lowest BCUT2D eigenvalue weighted by Gasteiger charge is -2.11. The van der Waals surface area contributed by atoms with Crippen LogP contribution in [0.25, 0.3) is 11.4 Å². The van der Waals surface area contributed by atoms with E-state index in [0.717, 1.165) is 32.6 Å². The Kier molecular flexibility index (Phi) is 4.73. The van der Waals surface area contributed by atoms with Crippen LogP contribution in [0, 0.1) is 20.8 Å². The summed E-state index contributed by atoms with van der Waals surface area (Å²) >= 11 is 3.54. The highest BCUT2D eigenvalue weighted by atomic mass is 79.9. The van der Waals surface area contributed by atoms with E-state index in [1.54, 1.807) is 0 Å². The Morgan fingerprint density at radius 2 is 1.81 bits per heavy atom. The van der Waals surface area contributed by atoms with Crippen LogP contribution in [0.1, 0.15) is 28.9 Å². The molecule has 21 heavy (non-hydrogen) atoms. The van der Waals surface area contributed by atoms with Gasteiger partial charge in [0.15, 0.2) is 5.82 Å². The van der Waals surface area contributed by atoms with E-state index in [2.05, 4.69) is 25.9 Å². The van der Waals surface area contributed by atoms with Crippen molar-refractivity contribution in [2.24, 2.45) is 0 Å². The van der Waals surface area contributed by atoms with Gasteiger partial charge in [-0.25, -0.2) is 9.97 Å². The summed E-state index contributed by atoms with van der Waals surface area (Å²) in [7, 11) is 0. The number of nitrogens with zero attached hydrogens (tertiary/aromatic N) is 2. The van der Waals surface area contributed by atoms with Crippen LogP contribution >= 0.6 is 15.9 Å². The molecule has 1 heterocycles. The zero-order valence-electron chi connectivity index (χ0n) is 12.3. The monoisotopic (exact) mass is 348 g/mol. The maximum Gasteiger partial charge on any atom is 0.303 e. The Morgan fingerprint density at radius 1 is 1.19 bits per heavy atom. The molecule has 0 amide bonds. The molecule has 0 atom stereocenters. The second-order valence-electron chi connectivity index (χ2n) is 5.07. The average Bonchev–Trinajstić information content (AvgIpc) is 2.37. The van der Waals surface area contributed by atoms with E-state index >= 15 is 0 Å². The normalized spacial score (nSPS) is 10.7. The highest BCUT2D eigenvalue weighted by molar-refractivity contribution is 9.10. The number of aliphatic carboxylic acids is 1. The third-order valence-corrected chi connectivity index (χ3v) is 4.03. The number of hydrogen-bond donors (Lipinski definition) is 1. The van der Waals surface area contributed by atoms with Crippen molar-refractivity contribution in [1.29, 1.82) is 0 Å². The lowest BCUT2D eigenvalue weighted by Crippen LogP contribution is -2.06. The third kappa shape index (κ3) is 3.67. The summed E-state index contributed by atoms with van der Waals surface area (Å²) in [6.45, 7) is 5.83. The summed E-state index contributed by atoms with van der Waals surface area (Å²) in [5.74, 6) is -0.143. The lowest BCUT2D eigenvalue weighted by molar-refractivity contribution is -0.136. The standard InChI is InChI=1S/C16H17BrN2O2/c1-9-4-5-13(14(17)8-9)16-18-10(2)12(11(3)19-16)6-7-15(20)21/h4-5,8H,6-7H2,1-3H3,(H,20,21). The largest absolute Gasteiger partial charge is 0.481 e. The van der Waals surface area contributed by atoms with Crippen LogP contribution in [0.15, 0.2) is 22.7 Å². The number of carboxylic acid groups (broad SMARTS) is 1. The van der Waals surface area contributed by atoms with Gasteiger partial charge in [0.05, 0.1) is 0 Å². The Bertz CT molecular complexity index is 676. The number of carboxylic acids is 1. The van der Waals surface area contributed by atoms with Crippen LogP contribution in [-0.4, -0.2) is 21.0 Å². The van der Waals surface area contributed by atoms with Gasteiger partial charge in [-0.3, -0.25) is 4.79 Å². The molecule has 110 valence electrons. The van der Waals surface area contributed by atoms with Crippen LogP contribution < -0.4 is 0 Å². The zero-order chi connectivity index (χ0) is 15.6. The molecule has 0 aliphatic carbocycles. The van der Waals surface area contributed by atoms with Crippen molar-refractivity contribution in [2.75, 3.05) is 0 Å². The first-order valence-corrected chi connectivity index (χ1v) is 7.50. The summed E-state index contributed by atoms with van der Waals surface area (Å²) in [5.41, 5.74) is 4.70. The van der Waals surface area contributed by atoms with Gasteiger partial charge in [-0.2, -0.15) is 0 Å². The fraction of sp³-hybridized carbons (Fsp3) is 0.312. The molecule has 0 spiro atoms. The number of aryl methyl sites for hydroxylation is 3.